The zero-order valence-electron chi connectivity index (χ0n) is 18.1. The highest BCUT2D eigenvalue weighted by molar-refractivity contribution is 7.80. The van der Waals surface area contributed by atoms with Crippen LogP contribution in [0.3, 0.4) is 0 Å². The maximum Gasteiger partial charge on any atom is 0.348 e. The van der Waals surface area contributed by atoms with Gasteiger partial charge < -0.3 is 29.6 Å². The van der Waals surface area contributed by atoms with Gasteiger partial charge in [0.05, 0.1) is 33.0 Å². The number of anilines is 1. The number of carbonyl (C=O) groups is 2. The average molecular weight is 467 g/mol. The fourth-order valence-electron chi connectivity index (χ4n) is 2.77. The van der Waals surface area contributed by atoms with Gasteiger partial charge in [-0.25, -0.2) is 9.59 Å². The Labute approximate surface area is 190 Å². The highest BCUT2D eigenvalue weighted by Crippen LogP contribution is 2.34. The molecule has 0 aliphatic rings. The second kappa shape index (κ2) is 11.5. The standard InChI is InChI=1S/C21H26N2O6S2/c1-6-28-14-9-8-13(10-15(14)29-7-2)11-22-21(30)23-18-16(19(24)26-4)12(3)17(31-18)20(25)27-5/h8-10H,6-7,11H2,1-5H3,(H2,22,23,30). The van der Waals surface area contributed by atoms with Crippen molar-refractivity contribution in [3.63, 3.8) is 0 Å². The van der Waals surface area contributed by atoms with Crippen LogP contribution in [0.15, 0.2) is 18.2 Å². The van der Waals surface area contributed by atoms with E-state index in [-0.39, 0.29) is 10.7 Å². The van der Waals surface area contributed by atoms with E-state index in [2.05, 4.69) is 10.6 Å². The Kier molecular flexibility index (Phi) is 9.07. The van der Waals surface area contributed by atoms with Crippen LogP contribution in [0.25, 0.3) is 0 Å². The minimum absolute atomic E-state index is 0.247. The minimum Gasteiger partial charge on any atom is -0.490 e. The Balaban J connectivity index is 2.15. The Morgan fingerprint density at radius 2 is 1.68 bits per heavy atom. The molecular weight excluding hydrogens is 440 g/mol. The number of hydrogen-bond donors (Lipinski definition) is 2. The van der Waals surface area contributed by atoms with Crippen molar-refractivity contribution in [1.29, 1.82) is 0 Å². The number of thiophene rings is 1. The molecule has 1 aromatic carbocycles. The van der Waals surface area contributed by atoms with Crippen molar-refractivity contribution in [2.24, 2.45) is 0 Å². The van der Waals surface area contributed by atoms with Gasteiger partial charge in [-0.1, -0.05) is 6.07 Å². The van der Waals surface area contributed by atoms with Crippen molar-refractivity contribution in [3.05, 3.63) is 39.8 Å². The van der Waals surface area contributed by atoms with E-state index in [4.69, 9.17) is 31.2 Å². The monoisotopic (exact) mass is 466 g/mol. The van der Waals surface area contributed by atoms with Crippen LogP contribution >= 0.6 is 23.6 Å². The maximum atomic E-state index is 12.2. The van der Waals surface area contributed by atoms with E-state index >= 15 is 0 Å². The fourth-order valence-corrected chi connectivity index (χ4v) is 4.13. The smallest absolute Gasteiger partial charge is 0.348 e. The first-order chi connectivity index (χ1) is 14.9. The topological polar surface area (TPSA) is 95.1 Å². The van der Waals surface area contributed by atoms with Gasteiger partial charge >= 0.3 is 11.9 Å². The Morgan fingerprint density at radius 1 is 1.03 bits per heavy atom. The van der Waals surface area contributed by atoms with Crippen LogP contribution in [0, 0.1) is 6.92 Å². The van der Waals surface area contributed by atoms with E-state index in [1.54, 1.807) is 6.92 Å². The van der Waals surface area contributed by atoms with Crippen LogP contribution < -0.4 is 20.1 Å². The SMILES string of the molecule is CCOc1ccc(CNC(=S)Nc2sc(C(=O)OC)c(C)c2C(=O)OC)cc1OCC. The summed E-state index contributed by atoms with van der Waals surface area (Å²) in [4.78, 5) is 24.5. The molecule has 0 saturated carbocycles. The molecule has 0 amide bonds. The van der Waals surface area contributed by atoms with Crippen LogP contribution in [0.2, 0.25) is 0 Å². The second-order valence-corrected chi connectivity index (χ2v) is 7.63. The summed E-state index contributed by atoms with van der Waals surface area (Å²) in [6, 6.07) is 5.64. The summed E-state index contributed by atoms with van der Waals surface area (Å²) in [6.07, 6.45) is 0. The van der Waals surface area contributed by atoms with E-state index in [9.17, 15) is 9.59 Å². The number of thiocarbonyl (C=S) groups is 1. The molecule has 0 fully saturated rings. The van der Waals surface area contributed by atoms with Crippen LogP contribution in [0.4, 0.5) is 5.00 Å². The lowest BCUT2D eigenvalue weighted by molar-refractivity contribution is 0.0601. The summed E-state index contributed by atoms with van der Waals surface area (Å²) < 4.78 is 20.9. The van der Waals surface area contributed by atoms with Gasteiger partial charge in [0.15, 0.2) is 16.6 Å². The molecule has 168 valence electrons. The molecule has 0 atom stereocenters. The molecule has 0 unspecified atom stereocenters. The Hall–Kier alpha value is -2.85. The molecule has 31 heavy (non-hydrogen) atoms. The number of hydrogen-bond acceptors (Lipinski definition) is 8. The first-order valence-corrected chi connectivity index (χ1v) is 10.8. The van der Waals surface area contributed by atoms with Gasteiger partial charge in [-0.05, 0) is 56.2 Å². The third kappa shape index (κ3) is 6.08. The molecule has 2 aromatic rings. The number of carbonyl (C=O) groups excluding carboxylic acids is 2. The summed E-state index contributed by atoms with van der Waals surface area (Å²) in [6.45, 7) is 6.96. The number of rotatable bonds is 9. The van der Waals surface area contributed by atoms with Crippen molar-refractivity contribution in [2.45, 2.75) is 27.3 Å². The van der Waals surface area contributed by atoms with E-state index in [0.29, 0.717) is 46.7 Å². The number of benzene rings is 1. The number of ether oxygens (including phenoxy) is 4. The Morgan fingerprint density at radius 3 is 2.29 bits per heavy atom. The molecule has 0 saturated heterocycles. The van der Waals surface area contributed by atoms with Gasteiger partial charge in [-0.3, -0.25) is 0 Å². The van der Waals surface area contributed by atoms with Gasteiger partial charge in [0.25, 0.3) is 0 Å². The molecule has 2 N–H and O–H groups in total. The fraction of sp³-hybridized carbons (Fsp3) is 0.381. The molecule has 8 nitrogen and oxygen atoms in total. The van der Waals surface area contributed by atoms with E-state index in [0.717, 1.165) is 16.9 Å². The molecule has 10 heteroatoms. The Bertz CT molecular complexity index is 958. The first-order valence-electron chi connectivity index (χ1n) is 9.59. The summed E-state index contributed by atoms with van der Waals surface area (Å²) in [5.41, 5.74) is 1.65. The van der Waals surface area contributed by atoms with E-state index in [1.807, 2.05) is 32.0 Å². The summed E-state index contributed by atoms with van der Waals surface area (Å²) in [5.74, 6) is 0.243. The van der Waals surface area contributed by atoms with Gasteiger partial charge in [0.2, 0.25) is 0 Å². The van der Waals surface area contributed by atoms with Gasteiger partial charge in [0, 0.05) is 6.54 Å². The van der Waals surface area contributed by atoms with Gasteiger partial charge in [-0.2, -0.15) is 0 Å². The maximum absolute atomic E-state index is 12.2. The normalized spacial score (nSPS) is 10.2. The summed E-state index contributed by atoms with van der Waals surface area (Å²) in [5, 5.41) is 6.76. The molecule has 0 radical (unpaired) electrons. The third-order valence-electron chi connectivity index (χ3n) is 4.20. The van der Waals surface area contributed by atoms with Gasteiger partial charge in [0.1, 0.15) is 9.88 Å². The zero-order valence-corrected chi connectivity index (χ0v) is 19.8. The quantitative estimate of drug-likeness (QED) is 0.421. The zero-order chi connectivity index (χ0) is 23.0. The summed E-state index contributed by atoms with van der Waals surface area (Å²) >= 11 is 6.45. The predicted octanol–water partition coefficient (Wildman–Crippen LogP) is 3.91. The highest BCUT2D eigenvalue weighted by Gasteiger charge is 2.26. The number of nitrogens with one attached hydrogen (secondary N) is 2. The molecule has 0 aliphatic heterocycles. The van der Waals surface area contributed by atoms with Crippen LogP contribution in [-0.2, 0) is 16.0 Å². The minimum atomic E-state index is -0.568. The lowest BCUT2D eigenvalue weighted by atomic mass is 10.1. The number of esters is 2. The molecule has 1 heterocycles. The lowest BCUT2D eigenvalue weighted by Crippen LogP contribution is -2.28. The van der Waals surface area contributed by atoms with Crippen LogP contribution in [0.1, 0.15) is 45.0 Å². The highest BCUT2D eigenvalue weighted by atomic mass is 32.1. The molecule has 2 rings (SSSR count). The molecule has 1 aromatic heterocycles. The largest absolute Gasteiger partial charge is 0.490 e. The molecule has 0 spiro atoms. The van der Waals surface area contributed by atoms with Crippen LogP contribution in [-0.4, -0.2) is 44.5 Å². The van der Waals surface area contributed by atoms with Crippen molar-refractivity contribution >= 4 is 45.6 Å². The van der Waals surface area contributed by atoms with E-state index < -0.39 is 11.9 Å². The van der Waals surface area contributed by atoms with E-state index in [1.165, 1.54) is 14.2 Å². The lowest BCUT2D eigenvalue weighted by Gasteiger charge is -2.14. The average Bonchev–Trinajstić information content (AvgIpc) is 3.08. The summed E-state index contributed by atoms with van der Waals surface area (Å²) in [7, 11) is 2.56. The predicted molar refractivity (Wildman–Crippen MR) is 124 cm³/mol. The third-order valence-corrected chi connectivity index (χ3v) is 5.63. The van der Waals surface area contributed by atoms with Crippen molar-refractivity contribution in [3.8, 4) is 11.5 Å². The second-order valence-electron chi connectivity index (χ2n) is 6.20. The molecular formula is C21H26N2O6S2. The van der Waals surface area contributed by atoms with Crippen molar-refractivity contribution < 1.29 is 28.5 Å². The first kappa shape index (κ1) is 24.4. The molecule has 0 aliphatic carbocycles. The molecule has 0 bridgehead atoms. The van der Waals surface area contributed by atoms with Gasteiger partial charge in [-0.15, -0.1) is 11.3 Å². The number of methoxy groups -OCH3 is 2. The van der Waals surface area contributed by atoms with Crippen molar-refractivity contribution in [1.82, 2.24) is 5.32 Å². The van der Waals surface area contributed by atoms with Crippen molar-refractivity contribution in [2.75, 3.05) is 32.8 Å². The van der Waals surface area contributed by atoms with Crippen LogP contribution in [0.5, 0.6) is 11.5 Å².